The summed E-state index contributed by atoms with van der Waals surface area (Å²) in [7, 11) is 0. The van der Waals surface area contributed by atoms with Crippen molar-refractivity contribution in [2.45, 2.75) is 20.8 Å². The third kappa shape index (κ3) is 4.33. The van der Waals surface area contributed by atoms with Gasteiger partial charge in [-0.05, 0) is 26.8 Å². The molecule has 0 heterocycles. The molecule has 0 radical (unpaired) electrons. The zero-order valence-corrected chi connectivity index (χ0v) is 15.2. The van der Waals surface area contributed by atoms with E-state index in [-0.39, 0.29) is 28.1 Å². The minimum Gasteiger partial charge on any atom is -0.490 e. The Morgan fingerprint density at radius 2 is 1.85 bits per heavy atom. The first kappa shape index (κ1) is 19.7. The topological polar surface area (TPSA) is 114 Å². The smallest absolute Gasteiger partial charge is 0.273 e. The third-order valence-electron chi connectivity index (χ3n) is 3.80. The van der Waals surface area contributed by atoms with E-state index < -0.39 is 10.8 Å². The van der Waals surface area contributed by atoms with Gasteiger partial charge in [-0.15, -0.1) is 0 Å². The number of nitriles is 1. The highest BCUT2D eigenvalue weighted by molar-refractivity contribution is 6.06. The number of hydrogen-bond acceptors (Lipinski definition) is 6. The summed E-state index contributed by atoms with van der Waals surface area (Å²) in [6.07, 6.45) is 0. The van der Waals surface area contributed by atoms with E-state index in [1.54, 1.807) is 6.92 Å². The van der Waals surface area contributed by atoms with E-state index in [1.807, 2.05) is 13.0 Å². The molecule has 2 aromatic carbocycles. The number of nitro groups is 1. The summed E-state index contributed by atoms with van der Waals surface area (Å²) in [6, 6.07) is 9.27. The van der Waals surface area contributed by atoms with E-state index in [4.69, 9.17) is 9.47 Å². The van der Waals surface area contributed by atoms with Crippen molar-refractivity contribution in [3.8, 4) is 17.6 Å². The first-order valence-corrected chi connectivity index (χ1v) is 8.32. The van der Waals surface area contributed by atoms with Gasteiger partial charge in [-0.2, -0.15) is 5.26 Å². The van der Waals surface area contributed by atoms with Crippen molar-refractivity contribution in [3.63, 3.8) is 0 Å². The van der Waals surface area contributed by atoms with Gasteiger partial charge in [-0.25, -0.2) is 0 Å². The van der Waals surface area contributed by atoms with E-state index in [0.717, 1.165) is 0 Å². The van der Waals surface area contributed by atoms with Gasteiger partial charge >= 0.3 is 0 Å². The number of carbonyl (C=O) groups is 1. The molecular weight excluding hydrogens is 350 g/mol. The Labute approximate surface area is 156 Å². The predicted molar refractivity (Wildman–Crippen MR) is 99.3 cm³/mol. The van der Waals surface area contributed by atoms with Crippen LogP contribution in [0.3, 0.4) is 0 Å². The van der Waals surface area contributed by atoms with Gasteiger partial charge < -0.3 is 14.8 Å². The normalized spacial score (nSPS) is 10.0. The summed E-state index contributed by atoms with van der Waals surface area (Å²) >= 11 is 0. The van der Waals surface area contributed by atoms with Gasteiger partial charge in [0, 0.05) is 29.3 Å². The Bertz CT molecular complexity index is 918. The Kier molecular flexibility index (Phi) is 6.33. The molecule has 0 saturated heterocycles. The monoisotopic (exact) mass is 369 g/mol. The molecule has 27 heavy (non-hydrogen) atoms. The van der Waals surface area contributed by atoms with Crippen LogP contribution in [0.4, 0.5) is 11.4 Å². The van der Waals surface area contributed by atoms with E-state index in [2.05, 4.69) is 5.32 Å². The van der Waals surface area contributed by atoms with Crippen LogP contribution in [0.5, 0.6) is 11.5 Å². The van der Waals surface area contributed by atoms with Crippen LogP contribution < -0.4 is 14.8 Å². The molecule has 1 N–H and O–H groups in total. The number of amides is 1. The van der Waals surface area contributed by atoms with Gasteiger partial charge in [-0.1, -0.05) is 6.07 Å². The molecule has 1 amide bonds. The minimum absolute atomic E-state index is 0.148. The molecule has 0 atom stereocenters. The summed E-state index contributed by atoms with van der Waals surface area (Å²) < 4.78 is 11.0. The van der Waals surface area contributed by atoms with Crippen molar-refractivity contribution >= 4 is 17.3 Å². The maximum absolute atomic E-state index is 12.6. The second-order valence-corrected chi connectivity index (χ2v) is 5.48. The Morgan fingerprint density at radius 3 is 2.41 bits per heavy atom. The number of nitrogens with zero attached hydrogens (tertiary/aromatic N) is 2. The van der Waals surface area contributed by atoms with Gasteiger partial charge in [0.25, 0.3) is 11.6 Å². The average Bonchev–Trinajstić information content (AvgIpc) is 2.63. The van der Waals surface area contributed by atoms with Crippen LogP contribution in [0.1, 0.15) is 35.3 Å². The highest BCUT2D eigenvalue weighted by atomic mass is 16.6. The fourth-order valence-electron chi connectivity index (χ4n) is 2.55. The van der Waals surface area contributed by atoms with E-state index >= 15 is 0 Å². The SMILES string of the molecule is CCOc1cc(C#N)c(NC(=O)c2cccc([N+](=O)[O-])c2C)cc1OCC. The quantitative estimate of drug-likeness (QED) is 0.586. The number of ether oxygens (including phenoxy) is 2. The number of nitrogens with one attached hydrogen (secondary N) is 1. The molecule has 0 unspecified atom stereocenters. The van der Waals surface area contributed by atoms with Crippen molar-refractivity contribution in [3.05, 3.63) is 57.1 Å². The van der Waals surface area contributed by atoms with Gasteiger partial charge in [-0.3, -0.25) is 14.9 Å². The van der Waals surface area contributed by atoms with Gasteiger partial charge in [0.1, 0.15) is 6.07 Å². The number of benzene rings is 2. The largest absolute Gasteiger partial charge is 0.490 e. The lowest BCUT2D eigenvalue weighted by molar-refractivity contribution is -0.385. The molecule has 0 aliphatic carbocycles. The summed E-state index contributed by atoms with van der Waals surface area (Å²) in [6.45, 7) is 5.89. The van der Waals surface area contributed by atoms with Crippen LogP contribution >= 0.6 is 0 Å². The molecule has 2 aromatic rings. The summed E-state index contributed by atoms with van der Waals surface area (Å²) in [4.78, 5) is 23.2. The second-order valence-electron chi connectivity index (χ2n) is 5.48. The average molecular weight is 369 g/mol. The molecule has 0 fully saturated rings. The Morgan fingerprint density at radius 1 is 1.22 bits per heavy atom. The molecule has 0 aliphatic rings. The highest BCUT2D eigenvalue weighted by Crippen LogP contribution is 2.34. The predicted octanol–water partition coefficient (Wildman–Crippen LogP) is 3.82. The molecule has 8 heteroatoms. The minimum atomic E-state index is -0.556. The van der Waals surface area contributed by atoms with Crippen LogP contribution in [0.2, 0.25) is 0 Å². The summed E-state index contributed by atoms with van der Waals surface area (Å²) in [5, 5.41) is 23.1. The molecule has 140 valence electrons. The summed E-state index contributed by atoms with van der Waals surface area (Å²) in [5.41, 5.74) is 0.679. The third-order valence-corrected chi connectivity index (χ3v) is 3.80. The summed E-state index contributed by atoms with van der Waals surface area (Å²) in [5.74, 6) is 0.240. The van der Waals surface area contributed by atoms with Crippen molar-refractivity contribution in [2.24, 2.45) is 0 Å². The molecule has 0 aliphatic heterocycles. The Balaban J connectivity index is 2.43. The lowest BCUT2D eigenvalue weighted by atomic mass is 10.1. The Hall–Kier alpha value is -3.60. The zero-order chi connectivity index (χ0) is 20.0. The van der Waals surface area contributed by atoms with E-state index in [9.17, 15) is 20.2 Å². The van der Waals surface area contributed by atoms with Crippen molar-refractivity contribution in [1.82, 2.24) is 0 Å². The van der Waals surface area contributed by atoms with Gasteiger partial charge in [0.05, 0.1) is 29.4 Å². The van der Waals surface area contributed by atoms with E-state index in [1.165, 1.54) is 37.3 Å². The molecule has 0 aromatic heterocycles. The van der Waals surface area contributed by atoms with Crippen LogP contribution in [-0.4, -0.2) is 24.0 Å². The molecule has 0 saturated carbocycles. The molecule has 8 nitrogen and oxygen atoms in total. The maximum Gasteiger partial charge on any atom is 0.273 e. The van der Waals surface area contributed by atoms with Crippen LogP contribution in [0, 0.1) is 28.4 Å². The van der Waals surface area contributed by atoms with Crippen LogP contribution in [0.15, 0.2) is 30.3 Å². The maximum atomic E-state index is 12.6. The lowest BCUT2D eigenvalue weighted by Crippen LogP contribution is -2.15. The number of carbonyl (C=O) groups excluding carboxylic acids is 1. The standard InChI is InChI=1S/C19H19N3O5/c1-4-26-17-9-13(11-20)15(10-18(17)27-5-2)21-19(23)14-7-6-8-16(12(14)3)22(24)25/h6-10H,4-5H2,1-3H3,(H,21,23). The fourth-order valence-corrected chi connectivity index (χ4v) is 2.55. The van der Waals surface area contributed by atoms with Crippen LogP contribution in [-0.2, 0) is 0 Å². The number of nitro benzene ring substituents is 1. The number of anilines is 1. The van der Waals surface area contributed by atoms with Gasteiger partial charge in [0.15, 0.2) is 11.5 Å². The molecular formula is C19H19N3O5. The zero-order valence-electron chi connectivity index (χ0n) is 15.2. The van der Waals surface area contributed by atoms with Crippen LogP contribution in [0.25, 0.3) is 0 Å². The second kappa shape index (κ2) is 8.67. The first-order valence-electron chi connectivity index (χ1n) is 8.32. The first-order chi connectivity index (χ1) is 12.9. The van der Waals surface area contributed by atoms with Crippen molar-refractivity contribution < 1.29 is 19.2 Å². The van der Waals surface area contributed by atoms with Gasteiger partial charge in [0.2, 0.25) is 0 Å². The number of rotatable bonds is 7. The number of hydrogen-bond donors (Lipinski definition) is 1. The highest BCUT2D eigenvalue weighted by Gasteiger charge is 2.20. The fraction of sp³-hybridized carbons (Fsp3) is 0.263. The van der Waals surface area contributed by atoms with Crippen molar-refractivity contribution in [2.75, 3.05) is 18.5 Å². The molecule has 0 spiro atoms. The van der Waals surface area contributed by atoms with Crippen molar-refractivity contribution in [1.29, 1.82) is 5.26 Å². The van der Waals surface area contributed by atoms with E-state index in [0.29, 0.717) is 24.7 Å². The molecule has 0 bridgehead atoms. The molecule has 2 rings (SSSR count). The lowest BCUT2D eigenvalue weighted by Gasteiger charge is -2.15.